The number of hydrogen-bond donors (Lipinski definition) is 4. The zero-order valence-corrected chi connectivity index (χ0v) is 43.1. The van der Waals surface area contributed by atoms with Gasteiger partial charge in [0, 0.05) is 64.1 Å². The second-order valence-electron chi connectivity index (χ2n) is 19.8. The number of sulfone groups is 2. The van der Waals surface area contributed by atoms with Crippen molar-refractivity contribution in [3.63, 3.8) is 0 Å². The molecule has 4 heterocycles. The number of aromatic amines is 2. The van der Waals surface area contributed by atoms with Gasteiger partial charge in [-0.3, -0.25) is 0 Å². The summed E-state index contributed by atoms with van der Waals surface area (Å²) in [4.78, 5) is 20.2. The van der Waals surface area contributed by atoms with Crippen LogP contribution in [0.25, 0.3) is 22.1 Å². The Morgan fingerprint density at radius 1 is 0.648 bits per heavy atom. The average molecular weight is 1100 g/mol. The van der Waals surface area contributed by atoms with Crippen LogP contribution in [-0.2, 0) is 19.7 Å². The average Bonchev–Trinajstić information content (AvgIpc) is 4.22. The van der Waals surface area contributed by atoms with E-state index < -0.39 is 49.0 Å². The molecule has 21 heteroatoms. The second kappa shape index (κ2) is 19.5. The van der Waals surface area contributed by atoms with Crippen molar-refractivity contribution >= 4 is 99.5 Å². The number of aliphatic hydroxyl groups is 2. The molecule has 0 radical (unpaired) electrons. The van der Waals surface area contributed by atoms with E-state index in [1.54, 1.807) is 53.4 Å². The van der Waals surface area contributed by atoms with E-state index in [2.05, 4.69) is 9.97 Å². The minimum atomic E-state index is -3.81. The summed E-state index contributed by atoms with van der Waals surface area (Å²) in [5.41, 5.74) is 2.83. The maximum Gasteiger partial charge on any atom is 0.251 e. The molecule has 2 aromatic heterocycles. The van der Waals surface area contributed by atoms with Crippen LogP contribution in [0.5, 0.6) is 0 Å². The largest absolute Gasteiger partial charge is 0.396 e. The summed E-state index contributed by atoms with van der Waals surface area (Å²) in [5.74, 6) is -3.27. The van der Waals surface area contributed by atoms with E-state index in [0.717, 1.165) is 18.4 Å². The van der Waals surface area contributed by atoms with Crippen molar-refractivity contribution < 1.29 is 40.2 Å². The van der Waals surface area contributed by atoms with Crippen molar-refractivity contribution in [3.05, 3.63) is 104 Å². The predicted octanol–water partition coefficient (Wildman–Crippen LogP) is 10.9. The third-order valence-corrected chi connectivity index (χ3v) is 20.1. The zero-order chi connectivity index (χ0) is 50.2. The topological polar surface area (TPSA) is 173 Å². The third kappa shape index (κ3) is 10.2. The number of halogens is 7. The van der Waals surface area contributed by atoms with Crippen LogP contribution in [0.4, 0.5) is 24.5 Å². The Bertz CT molecular complexity index is 3190. The molecule has 4 aliphatic rings. The van der Waals surface area contributed by atoms with E-state index in [9.17, 15) is 35.8 Å². The highest BCUT2D eigenvalue weighted by atomic mass is 35.5. The van der Waals surface area contributed by atoms with Crippen LogP contribution in [0, 0.1) is 17.8 Å². The van der Waals surface area contributed by atoms with Crippen LogP contribution in [0.3, 0.4) is 0 Å². The molecule has 0 bridgehead atoms. The quantitative estimate of drug-likeness (QED) is 0.0689. The number of imidazole rings is 2. The molecule has 0 spiro atoms. The predicted molar refractivity (Wildman–Crippen MR) is 272 cm³/mol. The number of benzene rings is 4. The number of nitrogens with zero attached hydrogens (tertiary/aromatic N) is 4. The lowest BCUT2D eigenvalue weighted by atomic mass is 9.87. The summed E-state index contributed by atoms with van der Waals surface area (Å²) >= 11 is 27.4. The molecular weight excluding hydrogens is 1040 g/mol. The van der Waals surface area contributed by atoms with E-state index in [-0.39, 0.29) is 102 Å². The van der Waals surface area contributed by atoms with Gasteiger partial charge in [0.1, 0.15) is 17.3 Å². The van der Waals surface area contributed by atoms with Crippen molar-refractivity contribution in [2.45, 2.75) is 91.0 Å². The molecule has 10 rings (SSSR count). The molecular formula is C50H53Cl4F3N6O6S2. The molecule has 0 amide bonds. The van der Waals surface area contributed by atoms with E-state index in [1.807, 2.05) is 4.90 Å². The maximum atomic E-state index is 16.8. The Morgan fingerprint density at radius 2 is 1.07 bits per heavy atom. The minimum Gasteiger partial charge on any atom is -0.396 e. The third-order valence-electron chi connectivity index (χ3n) is 15.0. The fourth-order valence-corrected chi connectivity index (χ4v) is 15.6. The lowest BCUT2D eigenvalue weighted by molar-refractivity contribution is -0.0220. The van der Waals surface area contributed by atoms with Crippen LogP contribution in [-0.4, -0.2) is 109 Å². The maximum absolute atomic E-state index is 16.8. The summed E-state index contributed by atoms with van der Waals surface area (Å²) in [6.07, 6.45) is 2.53. The van der Waals surface area contributed by atoms with Gasteiger partial charge >= 0.3 is 0 Å². The van der Waals surface area contributed by atoms with E-state index in [0.29, 0.717) is 86.6 Å². The first-order valence-electron chi connectivity index (χ1n) is 24.0. The minimum absolute atomic E-state index is 0.0863. The number of aliphatic hydroxyl groups excluding tert-OH is 2. The molecule has 2 saturated heterocycles. The number of anilines is 2. The second-order valence-corrected chi connectivity index (χ2v) is 25.5. The van der Waals surface area contributed by atoms with E-state index in [1.165, 1.54) is 12.1 Å². The summed E-state index contributed by atoms with van der Waals surface area (Å²) in [6.45, 7) is 0.422. The monoisotopic (exact) mass is 1090 g/mol. The number of aromatic nitrogens is 4. The van der Waals surface area contributed by atoms with Crippen LogP contribution < -0.4 is 9.80 Å². The zero-order valence-electron chi connectivity index (χ0n) is 38.5. The number of H-pyrrole nitrogens is 2. The Kier molecular flexibility index (Phi) is 13.9. The first-order valence-corrected chi connectivity index (χ1v) is 28.8. The molecule has 71 heavy (non-hydrogen) atoms. The highest BCUT2D eigenvalue weighted by molar-refractivity contribution is 7.91. The SMILES string of the molecule is O=S(=O)(CC1CC1)c1ccc([C@@H](CCO)c2nc3cc(Cl)c(N4CCC(F)(C5CC5CS(=O)(=O)c5ccc([C@H](CCO)c6nc7cc(Cl)c(N8CCC(F)(F)CC8)c(Cl)c7[nH]6)cc5)CC4)c(Cl)c3[nH]2)cc1. The van der Waals surface area contributed by atoms with Crippen molar-refractivity contribution in [1.29, 1.82) is 0 Å². The number of rotatable bonds is 17. The summed E-state index contributed by atoms with van der Waals surface area (Å²) in [6, 6.07) is 16.5. The number of hydrogen-bond acceptors (Lipinski definition) is 10. The molecule has 4 N–H and O–H groups in total. The molecule has 2 aliphatic heterocycles. The summed E-state index contributed by atoms with van der Waals surface area (Å²) in [5, 5.41) is 21.3. The first kappa shape index (κ1) is 50.7. The number of piperidine rings is 2. The molecule has 2 aliphatic carbocycles. The van der Waals surface area contributed by atoms with Gasteiger partial charge in [-0.15, -0.1) is 0 Å². The molecule has 380 valence electrons. The normalized spacial score (nSPS) is 21.3. The highest BCUT2D eigenvalue weighted by Crippen LogP contribution is 2.54. The smallest absolute Gasteiger partial charge is 0.251 e. The van der Waals surface area contributed by atoms with Gasteiger partial charge in [-0.2, -0.15) is 0 Å². The highest BCUT2D eigenvalue weighted by Gasteiger charge is 2.55. The molecule has 4 fully saturated rings. The van der Waals surface area contributed by atoms with Crippen LogP contribution in [0.1, 0.15) is 92.4 Å². The molecule has 4 atom stereocenters. The first-order chi connectivity index (χ1) is 33.8. The van der Waals surface area contributed by atoms with Gasteiger partial charge in [-0.25, -0.2) is 40.0 Å². The van der Waals surface area contributed by atoms with Crippen LogP contribution in [0.2, 0.25) is 20.1 Å². The van der Waals surface area contributed by atoms with Gasteiger partial charge in [0.2, 0.25) is 0 Å². The van der Waals surface area contributed by atoms with Gasteiger partial charge < -0.3 is 30.0 Å². The van der Waals surface area contributed by atoms with Gasteiger partial charge in [0.25, 0.3) is 5.92 Å². The molecule has 2 saturated carbocycles. The van der Waals surface area contributed by atoms with Gasteiger partial charge in [-0.05, 0) is 110 Å². The molecule has 4 aromatic carbocycles. The van der Waals surface area contributed by atoms with E-state index >= 15 is 4.39 Å². The lowest BCUT2D eigenvalue weighted by Gasteiger charge is -2.39. The van der Waals surface area contributed by atoms with E-state index in [4.69, 9.17) is 56.4 Å². The van der Waals surface area contributed by atoms with Gasteiger partial charge in [0.15, 0.2) is 19.7 Å². The van der Waals surface area contributed by atoms with Crippen LogP contribution >= 0.6 is 46.4 Å². The van der Waals surface area contributed by atoms with Crippen molar-refractivity contribution in [2.75, 3.05) is 60.7 Å². The van der Waals surface area contributed by atoms with Crippen molar-refractivity contribution in [2.24, 2.45) is 17.8 Å². The number of fused-ring (bicyclic) bond motifs is 2. The Labute approximate surface area is 430 Å². The van der Waals surface area contributed by atoms with Gasteiger partial charge in [0.05, 0.1) is 74.8 Å². The number of nitrogens with one attached hydrogen (secondary N) is 2. The fraction of sp³-hybridized carbons (Fsp3) is 0.480. The Hall–Kier alpha value is -3.81. The summed E-state index contributed by atoms with van der Waals surface area (Å²) in [7, 11) is -7.20. The molecule has 12 nitrogen and oxygen atoms in total. The number of alkyl halides is 3. The Morgan fingerprint density at radius 3 is 1.49 bits per heavy atom. The summed E-state index contributed by atoms with van der Waals surface area (Å²) < 4.78 is 98.0. The lowest BCUT2D eigenvalue weighted by Crippen LogP contribution is -2.44. The Balaban J connectivity index is 0.785. The fourth-order valence-electron chi connectivity index (χ4n) is 10.7. The molecule has 6 aromatic rings. The standard InChI is InChI=1S/C50H53Cl4F3N6O6S2/c51-37-24-39-43(60-47(58-39)34(11-21-64)29-3-7-32(8-4-29)70(66,67)26-28-1-2-28)41(53)45(37)62-17-13-49(55,14-18-62)36-23-31(36)27-71(68,69)33-9-5-30(6-10-33)35(12-22-65)48-59-40-25-38(52)46(42(54)44(40)61-48)63-19-15-50(56,57)16-20-63/h3-10,24-25,28,31,34-36,64-65H,1-2,11-23,26-27H2,(H,58,60)(H,59,61)/t31?,34-,35+,36?/m1/s1. The van der Waals surface area contributed by atoms with Crippen molar-refractivity contribution in [3.8, 4) is 0 Å². The van der Waals surface area contributed by atoms with Gasteiger partial charge in [-0.1, -0.05) is 70.7 Å². The van der Waals surface area contributed by atoms with Crippen LogP contribution in [0.15, 0.2) is 70.5 Å². The molecule has 2 unspecified atom stereocenters. The van der Waals surface area contributed by atoms with Crippen molar-refractivity contribution in [1.82, 2.24) is 19.9 Å².